The van der Waals surface area contributed by atoms with Gasteiger partial charge in [-0.2, -0.15) is 10.2 Å². The van der Waals surface area contributed by atoms with Gasteiger partial charge in [0.25, 0.3) is 0 Å². The van der Waals surface area contributed by atoms with Gasteiger partial charge >= 0.3 is 0 Å². The molecule has 0 aliphatic rings. The van der Waals surface area contributed by atoms with E-state index in [0.29, 0.717) is 0 Å². The van der Waals surface area contributed by atoms with Crippen LogP contribution in [-0.2, 0) is 26.1 Å². The molecule has 1 N–H and O–H groups in total. The van der Waals surface area contributed by atoms with Crippen molar-refractivity contribution in [3.8, 4) is 0 Å². The SMILES string of the molecule is CCNCc1cnn(Cc2cc(CC)nn2CC)c1C. The third-order valence-corrected chi connectivity index (χ3v) is 3.66. The van der Waals surface area contributed by atoms with Gasteiger partial charge in [0.05, 0.1) is 24.1 Å². The second kappa shape index (κ2) is 6.70. The molecule has 0 fully saturated rings. The topological polar surface area (TPSA) is 47.7 Å². The number of nitrogens with zero attached hydrogens (tertiary/aromatic N) is 4. The Balaban J connectivity index is 2.17. The summed E-state index contributed by atoms with van der Waals surface area (Å²) in [6.07, 6.45) is 2.94. The van der Waals surface area contributed by atoms with Gasteiger partial charge < -0.3 is 5.32 Å². The second-order valence-corrected chi connectivity index (χ2v) is 4.99. The molecule has 2 aromatic heterocycles. The monoisotopic (exact) mass is 275 g/mol. The summed E-state index contributed by atoms with van der Waals surface area (Å²) in [6, 6.07) is 2.19. The average molecular weight is 275 g/mol. The molecule has 20 heavy (non-hydrogen) atoms. The lowest BCUT2D eigenvalue weighted by atomic mass is 10.2. The smallest absolute Gasteiger partial charge is 0.0831 e. The maximum atomic E-state index is 4.59. The van der Waals surface area contributed by atoms with Gasteiger partial charge in [-0.25, -0.2) is 0 Å². The summed E-state index contributed by atoms with van der Waals surface area (Å²) in [5.74, 6) is 0. The van der Waals surface area contributed by atoms with Crippen molar-refractivity contribution in [1.82, 2.24) is 24.9 Å². The van der Waals surface area contributed by atoms with E-state index in [9.17, 15) is 0 Å². The molecule has 0 unspecified atom stereocenters. The van der Waals surface area contributed by atoms with E-state index in [1.54, 1.807) is 0 Å². The lowest BCUT2D eigenvalue weighted by molar-refractivity contribution is 0.566. The molecule has 0 spiro atoms. The first-order valence-corrected chi connectivity index (χ1v) is 7.47. The van der Waals surface area contributed by atoms with Crippen LogP contribution in [0.1, 0.15) is 43.4 Å². The van der Waals surface area contributed by atoms with Crippen molar-refractivity contribution in [2.24, 2.45) is 0 Å². The summed E-state index contributed by atoms with van der Waals surface area (Å²) in [5, 5.41) is 12.5. The van der Waals surface area contributed by atoms with E-state index >= 15 is 0 Å². The van der Waals surface area contributed by atoms with Gasteiger partial charge in [0, 0.05) is 24.3 Å². The standard InChI is InChI=1S/C15H25N5/c1-5-14-8-15(19(7-3)18-14)11-20-12(4)13(10-17-20)9-16-6-2/h8,10,16H,5-7,9,11H2,1-4H3. The minimum Gasteiger partial charge on any atom is -0.313 e. The molecule has 0 atom stereocenters. The quantitative estimate of drug-likeness (QED) is 0.842. The third-order valence-electron chi connectivity index (χ3n) is 3.66. The molecule has 2 heterocycles. The molecule has 0 aliphatic carbocycles. The Labute approximate surface area is 121 Å². The van der Waals surface area contributed by atoms with E-state index in [4.69, 9.17) is 0 Å². The molecule has 5 heteroatoms. The van der Waals surface area contributed by atoms with Crippen molar-refractivity contribution in [2.45, 2.75) is 53.8 Å². The van der Waals surface area contributed by atoms with E-state index in [0.717, 1.165) is 38.3 Å². The predicted molar refractivity (Wildman–Crippen MR) is 80.7 cm³/mol. The zero-order chi connectivity index (χ0) is 14.5. The summed E-state index contributed by atoms with van der Waals surface area (Å²) in [6.45, 7) is 12.1. The molecule has 2 aromatic rings. The van der Waals surface area contributed by atoms with Gasteiger partial charge in [-0.05, 0) is 32.9 Å². The molecule has 0 saturated carbocycles. The molecule has 0 saturated heterocycles. The summed E-state index contributed by atoms with van der Waals surface area (Å²) in [4.78, 5) is 0. The molecule has 0 bridgehead atoms. The van der Waals surface area contributed by atoms with Crippen molar-refractivity contribution in [3.05, 3.63) is 34.9 Å². The minimum atomic E-state index is 0.790. The van der Waals surface area contributed by atoms with Crippen LogP contribution in [0.25, 0.3) is 0 Å². The fourth-order valence-corrected chi connectivity index (χ4v) is 2.32. The normalized spacial score (nSPS) is 11.2. The Morgan fingerprint density at radius 2 is 2.00 bits per heavy atom. The van der Waals surface area contributed by atoms with Crippen LogP contribution < -0.4 is 5.32 Å². The van der Waals surface area contributed by atoms with E-state index in [1.807, 2.05) is 6.20 Å². The maximum absolute atomic E-state index is 4.59. The first-order chi connectivity index (χ1) is 9.69. The Kier molecular flexibility index (Phi) is 4.95. The van der Waals surface area contributed by atoms with Gasteiger partial charge in [-0.1, -0.05) is 13.8 Å². The van der Waals surface area contributed by atoms with Crippen LogP contribution in [0.15, 0.2) is 12.3 Å². The molecule has 2 rings (SSSR count). The highest BCUT2D eigenvalue weighted by molar-refractivity contribution is 5.18. The van der Waals surface area contributed by atoms with Gasteiger partial charge in [0.1, 0.15) is 0 Å². The van der Waals surface area contributed by atoms with E-state index in [2.05, 4.69) is 58.6 Å². The Bertz CT molecular complexity index is 553. The Morgan fingerprint density at radius 1 is 1.20 bits per heavy atom. The van der Waals surface area contributed by atoms with Gasteiger partial charge in [0.15, 0.2) is 0 Å². The number of aryl methyl sites for hydroxylation is 2. The summed E-state index contributed by atoms with van der Waals surface area (Å²) in [5.41, 5.74) is 4.88. The summed E-state index contributed by atoms with van der Waals surface area (Å²) in [7, 11) is 0. The Hall–Kier alpha value is -1.62. The molecule has 0 aromatic carbocycles. The lowest BCUT2D eigenvalue weighted by Gasteiger charge is -2.07. The third kappa shape index (κ3) is 3.10. The van der Waals surface area contributed by atoms with Crippen molar-refractivity contribution in [3.63, 3.8) is 0 Å². The van der Waals surface area contributed by atoms with Crippen LogP contribution in [0, 0.1) is 6.92 Å². The first-order valence-electron chi connectivity index (χ1n) is 7.47. The zero-order valence-corrected chi connectivity index (χ0v) is 13.0. The molecular formula is C15H25N5. The second-order valence-electron chi connectivity index (χ2n) is 4.99. The summed E-state index contributed by atoms with van der Waals surface area (Å²) < 4.78 is 4.14. The highest BCUT2D eigenvalue weighted by atomic mass is 15.3. The highest BCUT2D eigenvalue weighted by Gasteiger charge is 2.10. The number of hydrogen-bond donors (Lipinski definition) is 1. The van der Waals surface area contributed by atoms with Crippen molar-refractivity contribution >= 4 is 0 Å². The molecule has 0 radical (unpaired) electrons. The highest BCUT2D eigenvalue weighted by Crippen LogP contribution is 2.12. The van der Waals surface area contributed by atoms with Crippen LogP contribution in [0.3, 0.4) is 0 Å². The van der Waals surface area contributed by atoms with E-state index in [-0.39, 0.29) is 0 Å². The maximum Gasteiger partial charge on any atom is 0.0831 e. The largest absolute Gasteiger partial charge is 0.313 e. The molecule has 110 valence electrons. The van der Waals surface area contributed by atoms with Crippen LogP contribution in [0.5, 0.6) is 0 Å². The average Bonchev–Trinajstić information content (AvgIpc) is 3.02. The minimum absolute atomic E-state index is 0.790. The molecule has 0 aliphatic heterocycles. The molecular weight excluding hydrogens is 250 g/mol. The van der Waals surface area contributed by atoms with Gasteiger partial charge in [-0.15, -0.1) is 0 Å². The van der Waals surface area contributed by atoms with Crippen molar-refractivity contribution < 1.29 is 0 Å². The fraction of sp³-hybridized carbons (Fsp3) is 0.600. The summed E-state index contributed by atoms with van der Waals surface area (Å²) >= 11 is 0. The Morgan fingerprint density at radius 3 is 2.65 bits per heavy atom. The van der Waals surface area contributed by atoms with Crippen LogP contribution >= 0.6 is 0 Å². The first kappa shape index (κ1) is 14.8. The lowest BCUT2D eigenvalue weighted by Crippen LogP contribution is -2.13. The van der Waals surface area contributed by atoms with Gasteiger partial charge in [0.2, 0.25) is 0 Å². The van der Waals surface area contributed by atoms with Crippen molar-refractivity contribution in [2.75, 3.05) is 6.54 Å². The van der Waals surface area contributed by atoms with Crippen LogP contribution in [0.2, 0.25) is 0 Å². The van der Waals surface area contributed by atoms with Crippen LogP contribution in [-0.4, -0.2) is 26.1 Å². The van der Waals surface area contributed by atoms with Gasteiger partial charge in [-0.3, -0.25) is 9.36 Å². The number of aromatic nitrogens is 4. The number of rotatable bonds is 7. The number of hydrogen-bond acceptors (Lipinski definition) is 3. The predicted octanol–water partition coefficient (Wildman–Crippen LogP) is 2.13. The van der Waals surface area contributed by atoms with Crippen LogP contribution in [0.4, 0.5) is 0 Å². The van der Waals surface area contributed by atoms with E-state index < -0.39 is 0 Å². The number of nitrogens with one attached hydrogen (secondary N) is 1. The molecule has 5 nitrogen and oxygen atoms in total. The molecule has 0 amide bonds. The zero-order valence-electron chi connectivity index (χ0n) is 13.0. The fourth-order valence-electron chi connectivity index (χ4n) is 2.32. The van der Waals surface area contributed by atoms with E-state index in [1.165, 1.54) is 17.0 Å². The van der Waals surface area contributed by atoms with Crippen molar-refractivity contribution in [1.29, 1.82) is 0 Å².